The zero-order chi connectivity index (χ0) is 11.1. The van der Waals surface area contributed by atoms with Gasteiger partial charge >= 0.3 is 0 Å². The lowest BCUT2D eigenvalue weighted by Gasteiger charge is -2.38. The molecule has 2 bridgehead atoms. The Kier molecular flexibility index (Phi) is 2.77. The van der Waals surface area contributed by atoms with E-state index in [0.717, 1.165) is 19.3 Å². The molecular weight excluding hydrogens is 186 g/mol. The first-order chi connectivity index (χ1) is 7.14. The summed E-state index contributed by atoms with van der Waals surface area (Å²) in [4.78, 5) is 0. The normalized spacial score (nSPS) is 42.5. The van der Waals surface area contributed by atoms with Crippen LogP contribution in [-0.4, -0.2) is 11.2 Å². The van der Waals surface area contributed by atoms with Gasteiger partial charge in [-0.05, 0) is 37.0 Å². The predicted octanol–water partition coefficient (Wildman–Crippen LogP) is 2.72. The molecule has 84 valence electrons. The van der Waals surface area contributed by atoms with E-state index < -0.39 is 11.5 Å². The molecule has 2 nitrogen and oxygen atoms in total. The van der Waals surface area contributed by atoms with Crippen LogP contribution in [0, 0.1) is 34.5 Å². The standard InChI is InChI=1S/C13H21NO/c1-3-9(2)12(15)13(8-14)7-10-4-5-11(13)6-10/h9-12,15H,3-7H2,1-2H3. The molecule has 1 N–H and O–H groups in total. The van der Waals surface area contributed by atoms with Crippen molar-refractivity contribution in [2.24, 2.45) is 23.2 Å². The Balaban J connectivity index is 2.20. The van der Waals surface area contributed by atoms with Crippen LogP contribution >= 0.6 is 0 Å². The molecule has 0 radical (unpaired) electrons. The Morgan fingerprint density at radius 3 is 2.67 bits per heavy atom. The smallest absolute Gasteiger partial charge is 0.0865 e. The summed E-state index contributed by atoms with van der Waals surface area (Å²) >= 11 is 0. The van der Waals surface area contributed by atoms with E-state index in [-0.39, 0.29) is 5.92 Å². The molecule has 0 aromatic rings. The number of aliphatic hydroxyl groups is 1. The van der Waals surface area contributed by atoms with E-state index in [1.54, 1.807) is 0 Å². The molecule has 0 saturated heterocycles. The van der Waals surface area contributed by atoms with Crippen LogP contribution < -0.4 is 0 Å². The highest BCUT2D eigenvalue weighted by Gasteiger charge is 2.56. The largest absolute Gasteiger partial charge is 0.391 e. The second-order valence-electron chi connectivity index (χ2n) is 5.56. The van der Waals surface area contributed by atoms with Gasteiger partial charge in [0.15, 0.2) is 0 Å². The molecule has 0 heterocycles. The summed E-state index contributed by atoms with van der Waals surface area (Å²) in [5.74, 6) is 1.44. The molecule has 0 aliphatic heterocycles. The van der Waals surface area contributed by atoms with Crippen molar-refractivity contribution in [2.75, 3.05) is 0 Å². The maximum absolute atomic E-state index is 10.4. The third-order valence-electron chi connectivity index (χ3n) is 4.82. The lowest BCUT2D eigenvalue weighted by molar-refractivity contribution is -0.0136. The summed E-state index contributed by atoms with van der Waals surface area (Å²) < 4.78 is 0. The van der Waals surface area contributed by atoms with Gasteiger partial charge in [0.1, 0.15) is 0 Å². The van der Waals surface area contributed by atoms with Gasteiger partial charge in [-0.15, -0.1) is 0 Å². The summed E-state index contributed by atoms with van der Waals surface area (Å²) in [6.07, 6.45) is 5.11. The number of nitriles is 1. The van der Waals surface area contributed by atoms with Crippen molar-refractivity contribution >= 4 is 0 Å². The summed E-state index contributed by atoms with van der Waals surface area (Å²) in [6.45, 7) is 4.15. The Morgan fingerprint density at radius 2 is 2.27 bits per heavy atom. The Bertz CT molecular complexity index is 283. The molecule has 2 aliphatic rings. The maximum Gasteiger partial charge on any atom is 0.0865 e. The first-order valence-electron chi connectivity index (χ1n) is 6.23. The molecule has 5 atom stereocenters. The average Bonchev–Trinajstić information content (AvgIpc) is 2.86. The van der Waals surface area contributed by atoms with Crippen LogP contribution in [0.25, 0.3) is 0 Å². The minimum Gasteiger partial charge on any atom is -0.391 e. The van der Waals surface area contributed by atoms with Gasteiger partial charge in [0.25, 0.3) is 0 Å². The highest BCUT2D eigenvalue weighted by atomic mass is 16.3. The molecule has 0 aromatic heterocycles. The van der Waals surface area contributed by atoms with E-state index in [2.05, 4.69) is 19.9 Å². The molecule has 15 heavy (non-hydrogen) atoms. The fourth-order valence-corrected chi connectivity index (χ4v) is 3.67. The zero-order valence-electron chi connectivity index (χ0n) is 9.74. The first kappa shape index (κ1) is 11.0. The van der Waals surface area contributed by atoms with E-state index in [9.17, 15) is 10.4 Å². The summed E-state index contributed by atoms with van der Waals surface area (Å²) in [5.41, 5.74) is -0.404. The van der Waals surface area contributed by atoms with Gasteiger partial charge in [-0.25, -0.2) is 0 Å². The second kappa shape index (κ2) is 3.79. The monoisotopic (exact) mass is 207 g/mol. The second-order valence-corrected chi connectivity index (χ2v) is 5.56. The van der Waals surface area contributed by atoms with E-state index >= 15 is 0 Å². The number of hydrogen-bond donors (Lipinski definition) is 1. The lowest BCUT2D eigenvalue weighted by atomic mass is 9.67. The predicted molar refractivity (Wildman–Crippen MR) is 59.0 cm³/mol. The molecule has 0 amide bonds. The number of hydrogen-bond acceptors (Lipinski definition) is 2. The van der Waals surface area contributed by atoms with Crippen molar-refractivity contribution in [2.45, 2.75) is 52.1 Å². The van der Waals surface area contributed by atoms with E-state index in [1.807, 2.05) is 0 Å². The highest BCUT2D eigenvalue weighted by Crippen LogP contribution is 2.58. The number of nitrogens with zero attached hydrogens (tertiary/aromatic N) is 1. The van der Waals surface area contributed by atoms with Gasteiger partial charge in [0.05, 0.1) is 17.6 Å². The molecule has 5 unspecified atom stereocenters. The summed E-state index contributed by atoms with van der Waals surface area (Å²) in [5, 5.41) is 19.8. The van der Waals surface area contributed by atoms with Crippen molar-refractivity contribution in [1.82, 2.24) is 0 Å². The SMILES string of the molecule is CCC(C)C(O)C1(C#N)CC2CCC1C2. The Labute approximate surface area is 92.3 Å². The third kappa shape index (κ3) is 1.49. The molecular formula is C13H21NO. The molecule has 2 fully saturated rings. The number of fused-ring (bicyclic) bond motifs is 2. The van der Waals surface area contributed by atoms with Crippen molar-refractivity contribution < 1.29 is 5.11 Å². The minimum absolute atomic E-state index is 0.254. The van der Waals surface area contributed by atoms with E-state index in [4.69, 9.17) is 0 Å². The van der Waals surface area contributed by atoms with Gasteiger partial charge in [-0.2, -0.15) is 5.26 Å². The molecule has 2 aliphatic carbocycles. The fraction of sp³-hybridized carbons (Fsp3) is 0.923. The quantitative estimate of drug-likeness (QED) is 0.773. The highest BCUT2D eigenvalue weighted by molar-refractivity contribution is 5.15. The van der Waals surface area contributed by atoms with Crippen molar-refractivity contribution in [3.8, 4) is 6.07 Å². The first-order valence-corrected chi connectivity index (χ1v) is 6.23. The van der Waals surface area contributed by atoms with Crippen molar-refractivity contribution in [3.05, 3.63) is 0 Å². The maximum atomic E-state index is 10.4. The zero-order valence-corrected chi connectivity index (χ0v) is 9.74. The molecule has 2 heteroatoms. The van der Waals surface area contributed by atoms with Crippen molar-refractivity contribution in [1.29, 1.82) is 5.26 Å². The summed E-state index contributed by atoms with van der Waals surface area (Å²) in [7, 11) is 0. The fourth-order valence-electron chi connectivity index (χ4n) is 3.67. The van der Waals surface area contributed by atoms with Gasteiger partial charge in [-0.1, -0.05) is 26.7 Å². The van der Waals surface area contributed by atoms with Gasteiger partial charge in [0, 0.05) is 0 Å². The number of rotatable bonds is 3. The van der Waals surface area contributed by atoms with Gasteiger partial charge in [0.2, 0.25) is 0 Å². The van der Waals surface area contributed by atoms with Crippen LogP contribution in [0.1, 0.15) is 46.0 Å². The molecule has 0 aromatic carbocycles. The van der Waals surface area contributed by atoms with Gasteiger partial charge in [-0.3, -0.25) is 0 Å². The lowest BCUT2D eigenvalue weighted by Crippen LogP contribution is -2.42. The minimum atomic E-state index is -0.414. The Morgan fingerprint density at radius 1 is 1.53 bits per heavy atom. The van der Waals surface area contributed by atoms with E-state index in [1.165, 1.54) is 12.8 Å². The topological polar surface area (TPSA) is 44.0 Å². The summed E-state index contributed by atoms with van der Waals surface area (Å²) in [6, 6.07) is 2.47. The van der Waals surface area contributed by atoms with Crippen LogP contribution in [0.15, 0.2) is 0 Å². The van der Waals surface area contributed by atoms with Crippen LogP contribution in [0.5, 0.6) is 0 Å². The van der Waals surface area contributed by atoms with Crippen LogP contribution in [0.3, 0.4) is 0 Å². The third-order valence-corrected chi connectivity index (χ3v) is 4.82. The number of aliphatic hydroxyl groups excluding tert-OH is 1. The van der Waals surface area contributed by atoms with E-state index in [0.29, 0.717) is 11.8 Å². The molecule has 2 saturated carbocycles. The van der Waals surface area contributed by atoms with Crippen LogP contribution in [-0.2, 0) is 0 Å². The van der Waals surface area contributed by atoms with Gasteiger partial charge < -0.3 is 5.11 Å². The van der Waals surface area contributed by atoms with Crippen LogP contribution in [0.2, 0.25) is 0 Å². The average molecular weight is 207 g/mol. The Hall–Kier alpha value is -0.550. The molecule has 2 rings (SSSR count). The molecule has 0 spiro atoms. The van der Waals surface area contributed by atoms with Crippen molar-refractivity contribution in [3.63, 3.8) is 0 Å². The van der Waals surface area contributed by atoms with Crippen LogP contribution in [0.4, 0.5) is 0 Å².